The fraction of sp³-hybridized carbons (Fsp3) is 0.364. The molecular weight excluding hydrogens is 304 g/mol. The topological polar surface area (TPSA) is 147 Å². The number of nitrogens with zero attached hydrogens (tertiary/aromatic N) is 1. The summed E-state index contributed by atoms with van der Waals surface area (Å²) in [5.74, 6) is -1.16. The Morgan fingerprint density at radius 2 is 1.86 bits per heavy atom. The Labute approximate surface area is 120 Å². The number of rotatable bonds is 6. The lowest BCUT2D eigenvalue weighted by atomic mass is 9.92. The molecule has 1 aromatic rings. The van der Waals surface area contributed by atoms with Gasteiger partial charge in [-0.15, -0.1) is 0 Å². The van der Waals surface area contributed by atoms with Gasteiger partial charge in [0.2, 0.25) is 5.91 Å². The molecule has 0 saturated carbocycles. The van der Waals surface area contributed by atoms with E-state index in [0.29, 0.717) is 0 Å². The van der Waals surface area contributed by atoms with E-state index >= 15 is 0 Å². The number of para-hydroxylation sites is 1. The van der Waals surface area contributed by atoms with Crippen LogP contribution in [0, 0.1) is 15.5 Å². The largest absolute Gasteiger partial charge is 0.395 e. The summed E-state index contributed by atoms with van der Waals surface area (Å²) in [7, 11) is -4.50. The molecule has 9 nitrogen and oxygen atoms in total. The van der Waals surface area contributed by atoms with Crippen LogP contribution < -0.4 is 4.72 Å². The van der Waals surface area contributed by atoms with E-state index in [1.54, 1.807) is 4.72 Å². The number of hydrogen-bond acceptors (Lipinski definition) is 7. The Morgan fingerprint density at radius 1 is 1.33 bits per heavy atom. The van der Waals surface area contributed by atoms with Crippen molar-refractivity contribution in [1.29, 1.82) is 0 Å². The van der Waals surface area contributed by atoms with Crippen LogP contribution in [0.15, 0.2) is 29.2 Å². The molecule has 0 bridgehead atoms. The Hall–Kier alpha value is -2.04. The number of hydrogen-bond donors (Lipinski definition) is 3. The number of benzene rings is 1. The average Bonchev–Trinajstić information content (AvgIpc) is 2.45. The third-order valence-corrected chi connectivity index (χ3v) is 4.20. The van der Waals surface area contributed by atoms with E-state index in [1.807, 2.05) is 0 Å². The molecule has 0 aromatic heterocycles. The molecule has 0 radical (unpaired) electrons. The Balaban J connectivity index is 3.20. The zero-order valence-corrected chi connectivity index (χ0v) is 11.8. The standard InChI is InChI=1S/C11H14N2O7S/c1-11(6-14,7-15)10(16)12-21(19,20)9-5-3-2-4-8(9)13(17)18/h2-5,14-15H,6-7H2,1H3,(H,12,16). The molecule has 0 heterocycles. The molecule has 1 amide bonds. The maximum absolute atomic E-state index is 12.0. The second-order valence-electron chi connectivity index (χ2n) is 4.54. The fourth-order valence-electron chi connectivity index (χ4n) is 1.33. The molecule has 10 heteroatoms. The highest BCUT2D eigenvalue weighted by molar-refractivity contribution is 7.90. The van der Waals surface area contributed by atoms with E-state index in [1.165, 1.54) is 12.1 Å². The predicted molar refractivity (Wildman–Crippen MR) is 70.7 cm³/mol. The van der Waals surface area contributed by atoms with Crippen molar-refractivity contribution < 1.29 is 28.3 Å². The highest BCUT2D eigenvalue weighted by atomic mass is 32.2. The molecule has 1 rings (SSSR count). The van der Waals surface area contributed by atoms with Crippen molar-refractivity contribution in [1.82, 2.24) is 4.72 Å². The van der Waals surface area contributed by atoms with E-state index in [-0.39, 0.29) is 0 Å². The van der Waals surface area contributed by atoms with Crippen LogP contribution in [0.4, 0.5) is 5.69 Å². The van der Waals surface area contributed by atoms with Crippen LogP contribution in [0.5, 0.6) is 0 Å². The van der Waals surface area contributed by atoms with Crippen molar-refractivity contribution in [3.8, 4) is 0 Å². The van der Waals surface area contributed by atoms with Gasteiger partial charge in [0, 0.05) is 6.07 Å². The number of aliphatic hydroxyl groups is 2. The van der Waals surface area contributed by atoms with Crippen molar-refractivity contribution in [3.05, 3.63) is 34.4 Å². The number of nitrogens with one attached hydrogen (secondary N) is 1. The van der Waals surface area contributed by atoms with Crippen LogP contribution in [0.2, 0.25) is 0 Å². The molecule has 0 atom stereocenters. The van der Waals surface area contributed by atoms with Crippen LogP contribution >= 0.6 is 0 Å². The lowest BCUT2D eigenvalue weighted by Crippen LogP contribution is -2.46. The fourth-order valence-corrected chi connectivity index (χ4v) is 2.61. The van der Waals surface area contributed by atoms with Gasteiger partial charge in [-0.1, -0.05) is 12.1 Å². The number of amides is 1. The summed E-state index contributed by atoms with van der Waals surface area (Å²) < 4.78 is 25.7. The van der Waals surface area contributed by atoms with E-state index in [2.05, 4.69) is 0 Å². The van der Waals surface area contributed by atoms with Gasteiger partial charge in [-0.3, -0.25) is 14.9 Å². The van der Waals surface area contributed by atoms with Crippen LogP contribution in [0.1, 0.15) is 6.92 Å². The Morgan fingerprint density at radius 3 is 2.33 bits per heavy atom. The van der Waals surface area contributed by atoms with Crippen molar-refractivity contribution in [2.75, 3.05) is 13.2 Å². The van der Waals surface area contributed by atoms with Gasteiger partial charge in [-0.2, -0.15) is 0 Å². The smallest absolute Gasteiger partial charge is 0.289 e. The number of nitro benzene ring substituents is 1. The van der Waals surface area contributed by atoms with Gasteiger partial charge in [0.05, 0.1) is 23.6 Å². The van der Waals surface area contributed by atoms with Crippen LogP contribution in [-0.2, 0) is 14.8 Å². The van der Waals surface area contributed by atoms with Crippen molar-refractivity contribution >= 4 is 21.6 Å². The second kappa shape index (κ2) is 6.16. The molecule has 0 spiro atoms. The van der Waals surface area contributed by atoms with E-state index in [9.17, 15) is 23.3 Å². The zero-order chi connectivity index (χ0) is 16.3. The van der Waals surface area contributed by atoms with Gasteiger partial charge < -0.3 is 10.2 Å². The summed E-state index contributed by atoms with van der Waals surface area (Å²) >= 11 is 0. The zero-order valence-electron chi connectivity index (χ0n) is 11.0. The van der Waals surface area contributed by atoms with Gasteiger partial charge in [0.1, 0.15) is 0 Å². The molecular formula is C11H14N2O7S. The number of aliphatic hydroxyl groups excluding tert-OH is 2. The molecule has 21 heavy (non-hydrogen) atoms. The summed E-state index contributed by atoms with van der Waals surface area (Å²) in [5, 5.41) is 28.9. The highest BCUT2D eigenvalue weighted by Gasteiger charge is 2.36. The van der Waals surface area contributed by atoms with Crippen LogP contribution in [0.25, 0.3) is 0 Å². The summed E-state index contributed by atoms with van der Waals surface area (Å²) in [6.45, 7) is -0.430. The Bertz CT molecular complexity index is 652. The molecule has 116 valence electrons. The Kier molecular flexibility index (Phi) is 4.99. The maximum Gasteiger partial charge on any atom is 0.289 e. The molecule has 0 aliphatic heterocycles. The van der Waals surface area contributed by atoms with Crippen molar-refractivity contribution in [2.24, 2.45) is 5.41 Å². The first-order valence-electron chi connectivity index (χ1n) is 5.70. The number of sulfonamides is 1. The monoisotopic (exact) mass is 318 g/mol. The van der Waals surface area contributed by atoms with E-state index in [0.717, 1.165) is 19.1 Å². The van der Waals surface area contributed by atoms with Gasteiger partial charge in [-0.25, -0.2) is 13.1 Å². The van der Waals surface area contributed by atoms with Gasteiger partial charge >= 0.3 is 0 Å². The third kappa shape index (κ3) is 3.54. The minimum Gasteiger partial charge on any atom is -0.395 e. The molecule has 0 aliphatic rings. The lowest BCUT2D eigenvalue weighted by Gasteiger charge is -2.22. The minimum absolute atomic E-state index is 0.679. The summed E-state index contributed by atoms with van der Waals surface area (Å²) in [6.07, 6.45) is 0. The first kappa shape index (κ1) is 17.0. The van der Waals surface area contributed by atoms with E-state index < -0.39 is 50.1 Å². The van der Waals surface area contributed by atoms with Gasteiger partial charge in [0.25, 0.3) is 15.7 Å². The summed E-state index contributed by atoms with van der Waals surface area (Å²) in [4.78, 5) is 21.1. The maximum atomic E-state index is 12.0. The molecule has 0 fully saturated rings. The number of carbonyl (C=O) groups excluding carboxylic acids is 1. The van der Waals surface area contributed by atoms with Crippen molar-refractivity contribution in [2.45, 2.75) is 11.8 Å². The predicted octanol–water partition coefficient (Wildman–Crippen LogP) is -0.609. The first-order chi connectivity index (χ1) is 9.68. The first-order valence-corrected chi connectivity index (χ1v) is 7.18. The normalized spacial score (nSPS) is 12.0. The summed E-state index contributed by atoms with van der Waals surface area (Å²) in [6, 6.07) is 4.51. The van der Waals surface area contributed by atoms with E-state index in [4.69, 9.17) is 10.2 Å². The SMILES string of the molecule is CC(CO)(CO)C(=O)NS(=O)(=O)c1ccccc1[N+](=O)[O-]. The average molecular weight is 318 g/mol. The van der Waals surface area contributed by atoms with Crippen LogP contribution in [0.3, 0.4) is 0 Å². The minimum atomic E-state index is -4.50. The molecule has 0 aliphatic carbocycles. The van der Waals surface area contributed by atoms with Gasteiger partial charge in [0.15, 0.2) is 4.90 Å². The molecule has 1 aromatic carbocycles. The number of nitro groups is 1. The molecule has 0 saturated heterocycles. The second-order valence-corrected chi connectivity index (χ2v) is 6.19. The van der Waals surface area contributed by atoms with Crippen molar-refractivity contribution in [3.63, 3.8) is 0 Å². The number of carbonyl (C=O) groups is 1. The van der Waals surface area contributed by atoms with Gasteiger partial charge in [-0.05, 0) is 13.0 Å². The lowest BCUT2D eigenvalue weighted by molar-refractivity contribution is -0.387. The van der Waals surface area contributed by atoms with Crippen LogP contribution in [-0.4, -0.2) is 42.7 Å². The summed E-state index contributed by atoms with van der Waals surface area (Å²) in [5.41, 5.74) is -2.41. The molecule has 0 unspecified atom stereocenters. The highest BCUT2D eigenvalue weighted by Crippen LogP contribution is 2.24. The quantitative estimate of drug-likeness (QED) is 0.468. The molecule has 3 N–H and O–H groups in total. The third-order valence-electron chi connectivity index (χ3n) is 2.82.